The fourth-order valence-corrected chi connectivity index (χ4v) is 3.59. The number of hydrogen-bond acceptors (Lipinski definition) is 5. The van der Waals surface area contributed by atoms with Crippen LogP contribution in [0.1, 0.15) is 38.2 Å². The van der Waals surface area contributed by atoms with Crippen LogP contribution in [-0.4, -0.2) is 36.5 Å². The molecule has 1 aliphatic carbocycles. The average molecular weight is 447 g/mol. The van der Waals surface area contributed by atoms with Gasteiger partial charge in [0.25, 0.3) is 0 Å². The number of fused-ring (bicyclic) bond motifs is 1. The van der Waals surface area contributed by atoms with E-state index in [1.807, 2.05) is 24.3 Å². The lowest BCUT2D eigenvalue weighted by Crippen LogP contribution is -2.44. The Hall–Kier alpha value is -2.60. The zero-order chi connectivity index (χ0) is 21.8. The highest BCUT2D eigenvalue weighted by Crippen LogP contribution is 2.36. The predicted molar refractivity (Wildman–Crippen MR) is 117 cm³/mol. The van der Waals surface area contributed by atoms with Crippen LogP contribution in [0.15, 0.2) is 36.4 Å². The van der Waals surface area contributed by atoms with Gasteiger partial charge in [-0.05, 0) is 55.9 Å². The lowest BCUT2D eigenvalue weighted by atomic mass is 9.93. The number of rotatable bonds is 10. The molecule has 1 atom stereocenters. The van der Waals surface area contributed by atoms with Crippen molar-refractivity contribution < 1.29 is 28.8 Å². The van der Waals surface area contributed by atoms with Gasteiger partial charge in [0, 0.05) is 25.0 Å². The van der Waals surface area contributed by atoms with Gasteiger partial charge in [-0.3, -0.25) is 0 Å². The Morgan fingerprint density at radius 1 is 1.13 bits per heavy atom. The highest BCUT2D eigenvalue weighted by Gasteiger charge is 2.39. The molecule has 1 fully saturated rings. The van der Waals surface area contributed by atoms with Gasteiger partial charge in [0.15, 0.2) is 0 Å². The molecule has 0 bridgehead atoms. The maximum absolute atomic E-state index is 11.4. The summed E-state index contributed by atoms with van der Waals surface area (Å²) in [6, 6.07) is 11.0. The molecular formula is C24H27ClO6. The number of benzene rings is 2. The Balaban J connectivity index is 1.22. The second-order valence-electron chi connectivity index (χ2n) is 8.30. The second kappa shape index (κ2) is 9.27. The van der Waals surface area contributed by atoms with Crippen molar-refractivity contribution in [1.82, 2.24) is 0 Å². The van der Waals surface area contributed by atoms with Crippen molar-refractivity contribution in [3.05, 3.63) is 47.0 Å². The predicted octanol–water partition coefficient (Wildman–Crippen LogP) is 5.15. The molecule has 6 nitrogen and oxygen atoms in total. The van der Waals surface area contributed by atoms with Crippen LogP contribution in [-0.2, 0) is 11.2 Å². The van der Waals surface area contributed by atoms with Crippen LogP contribution >= 0.6 is 11.6 Å². The summed E-state index contributed by atoms with van der Waals surface area (Å²) in [6.07, 6.45) is 4.27. The number of carboxylic acid groups (broad SMARTS) is 1. The van der Waals surface area contributed by atoms with Crippen LogP contribution in [0.4, 0.5) is 0 Å². The minimum Gasteiger partial charge on any atom is -0.493 e. The minimum atomic E-state index is -1.20. The molecule has 2 aromatic rings. The normalized spacial score (nSPS) is 19.8. The van der Waals surface area contributed by atoms with Gasteiger partial charge in [-0.25, -0.2) is 4.79 Å². The van der Waals surface area contributed by atoms with Crippen molar-refractivity contribution in [2.75, 3.05) is 19.8 Å². The monoisotopic (exact) mass is 446 g/mol. The SMILES string of the molecule is C[C@]1(C(=O)O)CCc2ccc(OCCCOc3ccc(OCC4CC4)cc3Cl)cc2O1. The molecule has 1 saturated carbocycles. The van der Waals surface area contributed by atoms with Gasteiger partial charge in [-0.2, -0.15) is 0 Å². The Morgan fingerprint density at radius 2 is 1.87 bits per heavy atom. The summed E-state index contributed by atoms with van der Waals surface area (Å²) in [5, 5.41) is 9.92. The van der Waals surface area contributed by atoms with Gasteiger partial charge in [-0.15, -0.1) is 0 Å². The fraction of sp³-hybridized carbons (Fsp3) is 0.458. The number of carboxylic acids is 1. The van der Waals surface area contributed by atoms with Gasteiger partial charge in [0.05, 0.1) is 24.8 Å². The molecule has 0 unspecified atom stereocenters. The first-order valence-electron chi connectivity index (χ1n) is 10.7. The van der Waals surface area contributed by atoms with Gasteiger partial charge >= 0.3 is 5.97 Å². The molecule has 1 N–H and O–H groups in total. The minimum absolute atomic E-state index is 0.447. The number of hydrogen-bond donors (Lipinski definition) is 1. The molecular weight excluding hydrogens is 420 g/mol. The molecule has 1 heterocycles. The molecule has 0 aromatic heterocycles. The first-order valence-corrected chi connectivity index (χ1v) is 11.0. The summed E-state index contributed by atoms with van der Waals surface area (Å²) in [5.41, 5.74) is -0.203. The smallest absolute Gasteiger partial charge is 0.347 e. The van der Waals surface area contributed by atoms with Crippen molar-refractivity contribution in [2.24, 2.45) is 5.92 Å². The van der Waals surface area contributed by atoms with Crippen LogP contribution < -0.4 is 18.9 Å². The van der Waals surface area contributed by atoms with Crippen LogP contribution in [0.25, 0.3) is 0 Å². The Kier molecular flexibility index (Phi) is 6.46. The number of carbonyl (C=O) groups is 1. The number of aliphatic carboxylic acids is 1. The quantitative estimate of drug-likeness (QED) is 0.509. The zero-order valence-corrected chi connectivity index (χ0v) is 18.3. The molecule has 2 aromatic carbocycles. The highest BCUT2D eigenvalue weighted by atomic mass is 35.5. The third kappa shape index (κ3) is 5.56. The van der Waals surface area contributed by atoms with E-state index in [0.717, 1.165) is 17.9 Å². The van der Waals surface area contributed by atoms with E-state index in [0.29, 0.717) is 60.7 Å². The summed E-state index contributed by atoms with van der Waals surface area (Å²) in [5.74, 6) is 2.34. The standard InChI is InChI=1S/C24H27ClO6/c1-24(23(26)27)10-9-17-5-6-19(14-22(17)31-24)28-11-2-12-29-21-8-7-18(13-20(21)25)30-15-16-3-4-16/h5-8,13-14,16H,2-4,9-12,15H2,1H3,(H,26,27)/t24-/m1/s1. The van der Waals surface area contributed by atoms with Crippen molar-refractivity contribution in [3.8, 4) is 23.0 Å². The van der Waals surface area contributed by atoms with Gasteiger partial charge in [0.1, 0.15) is 23.0 Å². The first kappa shape index (κ1) is 21.6. The lowest BCUT2D eigenvalue weighted by Gasteiger charge is -2.32. The third-order valence-corrected chi connectivity index (χ3v) is 5.89. The molecule has 0 radical (unpaired) electrons. The Morgan fingerprint density at radius 3 is 2.61 bits per heavy atom. The van der Waals surface area contributed by atoms with Crippen LogP contribution in [0, 0.1) is 5.92 Å². The van der Waals surface area contributed by atoms with Crippen LogP contribution in [0.3, 0.4) is 0 Å². The molecule has 7 heteroatoms. The maximum atomic E-state index is 11.4. The summed E-state index contributed by atoms with van der Waals surface area (Å²) in [6.45, 7) is 3.26. The lowest BCUT2D eigenvalue weighted by molar-refractivity contribution is -0.155. The number of aryl methyl sites for hydroxylation is 1. The van der Waals surface area contributed by atoms with Gasteiger partial charge < -0.3 is 24.1 Å². The average Bonchev–Trinajstić information content (AvgIpc) is 3.57. The van der Waals surface area contributed by atoms with E-state index in [1.54, 1.807) is 19.1 Å². The Bertz CT molecular complexity index is 942. The van der Waals surface area contributed by atoms with Crippen molar-refractivity contribution in [2.45, 2.75) is 44.6 Å². The number of ether oxygens (including phenoxy) is 4. The van der Waals surface area contributed by atoms with E-state index in [-0.39, 0.29) is 0 Å². The molecule has 2 aliphatic rings. The summed E-state index contributed by atoms with van der Waals surface area (Å²) < 4.78 is 23.0. The molecule has 4 rings (SSSR count). The van der Waals surface area contributed by atoms with Crippen LogP contribution in [0.2, 0.25) is 5.02 Å². The Labute approximate surface area is 187 Å². The summed E-state index contributed by atoms with van der Waals surface area (Å²) >= 11 is 6.29. The van der Waals surface area contributed by atoms with E-state index in [9.17, 15) is 9.90 Å². The van der Waals surface area contributed by atoms with E-state index in [2.05, 4.69) is 0 Å². The summed E-state index contributed by atoms with van der Waals surface area (Å²) in [7, 11) is 0. The highest BCUT2D eigenvalue weighted by molar-refractivity contribution is 6.32. The van der Waals surface area contributed by atoms with E-state index >= 15 is 0 Å². The molecule has 0 amide bonds. The third-order valence-electron chi connectivity index (χ3n) is 5.60. The fourth-order valence-electron chi connectivity index (χ4n) is 3.36. The van der Waals surface area contributed by atoms with E-state index < -0.39 is 11.6 Å². The van der Waals surface area contributed by atoms with E-state index in [4.69, 9.17) is 30.5 Å². The van der Waals surface area contributed by atoms with Crippen molar-refractivity contribution in [1.29, 1.82) is 0 Å². The summed E-state index contributed by atoms with van der Waals surface area (Å²) in [4.78, 5) is 11.4. The van der Waals surface area contributed by atoms with Crippen molar-refractivity contribution >= 4 is 17.6 Å². The molecule has 166 valence electrons. The van der Waals surface area contributed by atoms with Gasteiger partial charge in [-0.1, -0.05) is 17.7 Å². The maximum Gasteiger partial charge on any atom is 0.347 e. The molecule has 1 aliphatic heterocycles. The topological polar surface area (TPSA) is 74.2 Å². The van der Waals surface area contributed by atoms with Crippen LogP contribution in [0.5, 0.6) is 23.0 Å². The van der Waals surface area contributed by atoms with Gasteiger partial charge in [0.2, 0.25) is 5.60 Å². The molecule has 0 spiro atoms. The molecule has 31 heavy (non-hydrogen) atoms. The largest absolute Gasteiger partial charge is 0.493 e. The second-order valence-corrected chi connectivity index (χ2v) is 8.71. The van der Waals surface area contributed by atoms with E-state index in [1.165, 1.54) is 12.8 Å². The first-order chi connectivity index (χ1) is 14.9. The zero-order valence-electron chi connectivity index (χ0n) is 17.6. The number of halogens is 1. The van der Waals surface area contributed by atoms with Crippen molar-refractivity contribution in [3.63, 3.8) is 0 Å². The molecule has 0 saturated heterocycles.